The first-order valence-electron chi connectivity index (χ1n) is 4.40. The number of nitrogens with two attached hydrogens (primary N) is 1. The van der Waals surface area contributed by atoms with Crippen molar-refractivity contribution in [3.05, 3.63) is 29.8 Å². The van der Waals surface area contributed by atoms with E-state index >= 15 is 0 Å². The van der Waals surface area contributed by atoms with Gasteiger partial charge >= 0.3 is 0 Å². The van der Waals surface area contributed by atoms with Crippen molar-refractivity contribution < 1.29 is 4.79 Å². The minimum atomic E-state index is -0.0666. The van der Waals surface area contributed by atoms with Crippen molar-refractivity contribution in [3.8, 4) is 0 Å². The van der Waals surface area contributed by atoms with Crippen molar-refractivity contribution >= 4 is 17.7 Å². The molecule has 0 heterocycles. The molecule has 3 nitrogen and oxygen atoms in total. The number of hydrogen-bond donors (Lipinski definition) is 2. The largest absolute Gasteiger partial charge is 0.351 e. The Labute approximate surface area is 88.1 Å². The van der Waals surface area contributed by atoms with E-state index in [1.807, 2.05) is 30.5 Å². The summed E-state index contributed by atoms with van der Waals surface area (Å²) in [5.74, 6) is -0.0666. The maximum absolute atomic E-state index is 11.4. The first-order valence-corrected chi connectivity index (χ1v) is 5.62. The van der Waals surface area contributed by atoms with E-state index in [9.17, 15) is 4.79 Å². The van der Waals surface area contributed by atoms with Crippen molar-refractivity contribution in [2.45, 2.75) is 4.90 Å². The Hall–Kier alpha value is -1.00. The number of carbonyl (C=O) groups is 1. The Morgan fingerprint density at radius 2 is 2.07 bits per heavy atom. The standard InChI is InChI=1S/C10H14N2OS/c1-14-9-4-2-8(3-5-9)10(13)12-7-6-11/h2-5H,6-7,11H2,1H3,(H,12,13). The Morgan fingerprint density at radius 1 is 1.43 bits per heavy atom. The topological polar surface area (TPSA) is 55.1 Å². The maximum atomic E-state index is 11.4. The Kier molecular flexibility index (Phi) is 4.49. The number of rotatable bonds is 4. The summed E-state index contributed by atoms with van der Waals surface area (Å²) < 4.78 is 0. The van der Waals surface area contributed by atoms with E-state index in [4.69, 9.17) is 5.73 Å². The van der Waals surface area contributed by atoms with Gasteiger partial charge in [0.05, 0.1) is 0 Å². The molecule has 1 aromatic carbocycles. The molecule has 0 saturated heterocycles. The second-order valence-corrected chi connectivity index (χ2v) is 3.65. The molecular formula is C10H14N2OS. The van der Waals surface area contributed by atoms with Crippen LogP contribution in [0.15, 0.2) is 29.2 Å². The fourth-order valence-corrected chi connectivity index (χ4v) is 1.44. The molecule has 0 aliphatic carbocycles. The average Bonchev–Trinajstić information content (AvgIpc) is 2.26. The van der Waals surface area contributed by atoms with Gasteiger partial charge in [0.15, 0.2) is 0 Å². The van der Waals surface area contributed by atoms with Crippen LogP contribution in [0.5, 0.6) is 0 Å². The number of amides is 1. The molecule has 0 unspecified atom stereocenters. The van der Waals surface area contributed by atoms with Gasteiger partial charge in [-0.1, -0.05) is 0 Å². The molecule has 1 rings (SSSR count). The van der Waals surface area contributed by atoms with E-state index < -0.39 is 0 Å². The maximum Gasteiger partial charge on any atom is 0.251 e. The fourth-order valence-electron chi connectivity index (χ4n) is 1.03. The average molecular weight is 210 g/mol. The molecule has 76 valence electrons. The van der Waals surface area contributed by atoms with Crippen LogP contribution in [-0.2, 0) is 0 Å². The zero-order chi connectivity index (χ0) is 10.4. The lowest BCUT2D eigenvalue weighted by atomic mass is 10.2. The summed E-state index contributed by atoms with van der Waals surface area (Å²) >= 11 is 1.66. The SMILES string of the molecule is CSc1ccc(C(=O)NCCN)cc1. The quantitative estimate of drug-likeness (QED) is 0.732. The highest BCUT2D eigenvalue weighted by Gasteiger charge is 2.02. The normalized spacial score (nSPS) is 9.86. The van der Waals surface area contributed by atoms with Crippen molar-refractivity contribution in [2.24, 2.45) is 5.73 Å². The molecule has 0 spiro atoms. The van der Waals surface area contributed by atoms with E-state index in [2.05, 4.69) is 5.32 Å². The third-order valence-electron chi connectivity index (χ3n) is 1.78. The van der Waals surface area contributed by atoms with Crippen LogP contribution in [0.1, 0.15) is 10.4 Å². The Balaban J connectivity index is 2.62. The Bertz CT molecular complexity index is 297. The molecular weight excluding hydrogens is 196 g/mol. The van der Waals surface area contributed by atoms with Gasteiger partial charge in [-0.05, 0) is 30.5 Å². The number of carbonyl (C=O) groups excluding carboxylic acids is 1. The highest BCUT2D eigenvalue weighted by atomic mass is 32.2. The van der Waals surface area contributed by atoms with Crippen LogP contribution in [0.2, 0.25) is 0 Å². The summed E-state index contributed by atoms with van der Waals surface area (Å²) in [6.45, 7) is 0.984. The molecule has 0 bridgehead atoms. The minimum Gasteiger partial charge on any atom is -0.351 e. The van der Waals surface area contributed by atoms with Crippen LogP contribution in [0, 0.1) is 0 Å². The van der Waals surface area contributed by atoms with Gasteiger partial charge in [0.25, 0.3) is 5.91 Å². The lowest BCUT2D eigenvalue weighted by molar-refractivity contribution is 0.0954. The summed E-state index contributed by atoms with van der Waals surface area (Å²) in [5.41, 5.74) is 5.96. The molecule has 0 radical (unpaired) electrons. The third-order valence-corrected chi connectivity index (χ3v) is 2.53. The number of nitrogens with one attached hydrogen (secondary N) is 1. The van der Waals surface area contributed by atoms with Crippen LogP contribution in [0.4, 0.5) is 0 Å². The molecule has 3 N–H and O–H groups in total. The molecule has 0 atom stereocenters. The first kappa shape index (κ1) is 11.1. The van der Waals surface area contributed by atoms with Gasteiger partial charge in [0.1, 0.15) is 0 Å². The molecule has 1 amide bonds. The molecule has 1 aromatic rings. The molecule has 4 heteroatoms. The molecule has 0 aliphatic rings. The van der Waals surface area contributed by atoms with Crippen LogP contribution in [0.3, 0.4) is 0 Å². The Morgan fingerprint density at radius 3 is 2.57 bits per heavy atom. The monoisotopic (exact) mass is 210 g/mol. The smallest absolute Gasteiger partial charge is 0.251 e. The minimum absolute atomic E-state index is 0.0666. The first-order chi connectivity index (χ1) is 6.77. The van der Waals surface area contributed by atoms with Crippen molar-refractivity contribution in [2.75, 3.05) is 19.3 Å². The van der Waals surface area contributed by atoms with Crippen LogP contribution >= 0.6 is 11.8 Å². The molecule has 0 aliphatic heterocycles. The highest BCUT2D eigenvalue weighted by Crippen LogP contribution is 2.14. The van der Waals surface area contributed by atoms with Gasteiger partial charge in [-0.2, -0.15) is 0 Å². The van der Waals surface area contributed by atoms with E-state index in [-0.39, 0.29) is 5.91 Å². The summed E-state index contributed by atoms with van der Waals surface area (Å²) in [7, 11) is 0. The zero-order valence-electron chi connectivity index (χ0n) is 8.12. The summed E-state index contributed by atoms with van der Waals surface area (Å²) in [6, 6.07) is 7.50. The highest BCUT2D eigenvalue weighted by molar-refractivity contribution is 7.98. The van der Waals surface area contributed by atoms with Crippen molar-refractivity contribution in [3.63, 3.8) is 0 Å². The summed E-state index contributed by atoms with van der Waals surface area (Å²) in [5, 5.41) is 2.72. The van der Waals surface area contributed by atoms with E-state index in [0.717, 1.165) is 4.90 Å². The fraction of sp³-hybridized carbons (Fsp3) is 0.300. The molecule has 0 saturated carbocycles. The number of hydrogen-bond acceptors (Lipinski definition) is 3. The second kappa shape index (κ2) is 5.67. The van der Waals surface area contributed by atoms with Gasteiger partial charge < -0.3 is 11.1 Å². The predicted molar refractivity (Wildman–Crippen MR) is 59.6 cm³/mol. The van der Waals surface area contributed by atoms with Gasteiger partial charge in [-0.3, -0.25) is 4.79 Å². The lowest BCUT2D eigenvalue weighted by Crippen LogP contribution is -2.28. The third kappa shape index (κ3) is 3.05. The second-order valence-electron chi connectivity index (χ2n) is 2.77. The molecule has 14 heavy (non-hydrogen) atoms. The van der Waals surface area contributed by atoms with Crippen LogP contribution < -0.4 is 11.1 Å². The lowest BCUT2D eigenvalue weighted by Gasteiger charge is -2.03. The van der Waals surface area contributed by atoms with Gasteiger partial charge in [0, 0.05) is 23.5 Å². The van der Waals surface area contributed by atoms with Gasteiger partial charge in [-0.25, -0.2) is 0 Å². The van der Waals surface area contributed by atoms with E-state index in [0.29, 0.717) is 18.7 Å². The van der Waals surface area contributed by atoms with Crippen molar-refractivity contribution in [1.82, 2.24) is 5.32 Å². The zero-order valence-corrected chi connectivity index (χ0v) is 8.93. The number of thioether (sulfide) groups is 1. The molecule has 0 aromatic heterocycles. The molecule has 0 fully saturated rings. The van der Waals surface area contributed by atoms with Gasteiger partial charge in [-0.15, -0.1) is 11.8 Å². The summed E-state index contributed by atoms with van der Waals surface area (Å²) in [6.07, 6.45) is 2.00. The van der Waals surface area contributed by atoms with Crippen molar-refractivity contribution in [1.29, 1.82) is 0 Å². The van der Waals surface area contributed by atoms with E-state index in [1.165, 1.54) is 0 Å². The van der Waals surface area contributed by atoms with E-state index in [1.54, 1.807) is 11.8 Å². The van der Waals surface area contributed by atoms with Crippen LogP contribution in [-0.4, -0.2) is 25.3 Å². The van der Waals surface area contributed by atoms with Gasteiger partial charge in [0.2, 0.25) is 0 Å². The predicted octanol–water partition coefficient (Wildman–Crippen LogP) is 1.10. The number of benzene rings is 1. The van der Waals surface area contributed by atoms with Crippen LogP contribution in [0.25, 0.3) is 0 Å². The summed E-state index contributed by atoms with van der Waals surface area (Å²) in [4.78, 5) is 12.6.